The van der Waals surface area contributed by atoms with Crippen molar-refractivity contribution in [3.05, 3.63) is 100 Å². The number of carbonyl (C=O) groups is 4. The molecular weight excluding hydrogens is 761 g/mol. The minimum Gasteiger partial charge on any atom is -0.453 e. The summed E-state index contributed by atoms with van der Waals surface area (Å²) in [5.41, 5.74) is 8.46. The smallest absolute Gasteiger partial charge is 0.407 e. The number of benzene rings is 3. The molecule has 1 unspecified atom stereocenters. The van der Waals surface area contributed by atoms with E-state index in [9.17, 15) is 24.0 Å². The van der Waals surface area contributed by atoms with Gasteiger partial charge >= 0.3 is 12.2 Å². The maximum Gasteiger partial charge on any atom is 0.407 e. The zero-order valence-corrected chi connectivity index (χ0v) is 35.1. The van der Waals surface area contributed by atoms with Crippen LogP contribution in [0.15, 0.2) is 88.8 Å². The Morgan fingerprint density at radius 2 is 1.17 bits per heavy atom. The highest BCUT2D eigenvalue weighted by molar-refractivity contribution is 6.04. The monoisotopic (exact) mass is 814 g/mol. The van der Waals surface area contributed by atoms with Crippen LogP contribution in [0.1, 0.15) is 77.1 Å². The molecule has 4 heterocycles. The third-order valence-corrected chi connectivity index (χ3v) is 12.0. The molecule has 3 aliphatic rings. The maximum atomic E-state index is 13.7. The zero-order chi connectivity index (χ0) is 42.7. The lowest BCUT2D eigenvalue weighted by Gasteiger charge is -2.31. The van der Waals surface area contributed by atoms with E-state index < -0.39 is 24.3 Å². The molecule has 3 aromatic carbocycles. The van der Waals surface area contributed by atoms with Crippen molar-refractivity contribution in [2.24, 2.45) is 16.8 Å². The van der Waals surface area contributed by atoms with E-state index in [0.717, 1.165) is 58.4 Å². The number of aromatic amines is 1. The second-order valence-corrected chi connectivity index (χ2v) is 16.6. The van der Waals surface area contributed by atoms with Crippen LogP contribution in [0.3, 0.4) is 0 Å². The minimum absolute atomic E-state index is 0.0932. The second kappa shape index (κ2) is 17.9. The molecule has 0 radical (unpaired) electrons. The van der Waals surface area contributed by atoms with E-state index in [2.05, 4.69) is 64.1 Å². The number of alkyl carbamates (subject to hydrolysis) is 2. The van der Waals surface area contributed by atoms with Crippen LogP contribution in [0.5, 0.6) is 0 Å². The van der Waals surface area contributed by atoms with Crippen LogP contribution in [0, 0.1) is 11.8 Å². The number of hydrogen-bond donors (Lipinski definition) is 3. The molecular formula is C47H54N6O7. The Balaban J connectivity index is 1.02. The molecule has 60 heavy (non-hydrogen) atoms. The predicted molar refractivity (Wildman–Crippen MR) is 232 cm³/mol. The van der Waals surface area contributed by atoms with Crippen molar-refractivity contribution in [1.29, 1.82) is 0 Å². The number of amides is 4. The molecule has 3 N–H and O–H groups in total. The highest BCUT2D eigenvalue weighted by atomic mass is 16.5. The summed E-state index contributed by atoms with van der Waals surface area (Å²) in [6, 6.07) is 22.3. The summed E-state index contributed by atoms with van der Waals surface area (Å²) < 4.78 is 9.54. The Morgan fingerprint density at radius 3 is 1.70 bits per heavy atom. The number of fused-ring (bicyclic) bond motifs is 1. The summed E-state index contributed by atoms with van der Waals surface area (Å²) in [5.74, 6) is -0.555. The van der Waals surface area contributed by atoms with E-state index in [4.69, 9.17) is 14.5 Å². The number of aliphatic imine (C=N–C) groups is 1. The van der Waals surface area contributed by atoms with Crippen molar-refractivity contribution in [1.82, 2.24) is 25.4 Å². The molecule has 0 bridgehead atoms. The molecule has 13 nitrogen and oxygen atoms in total. The molecule has 3 aliphatic heterocycles. The Bertz CT molecular complexity index is 2380. The summed E-state index contributed by atoms with van der Waals surface area (Å²) in [4.78, 5) is 76.6. The van der Waals surface area contributed by atoms with Crippen molar-refractivity contribution in [3.8, 4) is 22.3 Å². The van der Waals surface area contributed by atoms with Crippen molar-refractivity contribution < 1.29 is 28.7 Å². The minimum atomic E-state index is -0.748. The van der Waals surface area contributed by atoms with E-state index in [1.165, 1.54) is 14.2 Å². The lowest BCUT2D eigenvalue weighted by molar-refractivity contribution is -0.135. The van der Waals surface area contributed by atoms with Crippen LogP contribution in [0.25, 0.3) is 38.7 Å². The fraction of sp³-hybridized carbons (Fsp3) is 0.404. The number of methoxy groups -OCH3 is 2. The maximum absolute atomic E-state index is 13.7. The van der Waals surface area contributed by atoms with Gasteiger partial charge in [0.2, 0.25) is 11.8 Å². The topological polar surface area (TPSA) is 162 Å². The van der Waals surface area contributed by atoms with Gasteiger partial charge in [0.1, 0.15) is 12.1 Å². The SMILES string of the molecule is COC(=O)N[C@H](C(=O)N1CCCC1c1cc(=O)c2ccc(-c3ccc(-c4ccc(C5=CN=C([C@@H]6CCCN6C(=O)[C@@H](NC(=O)OC)C(C)C)C5)cc4)cc3)cc2[nH]1)C(C)C. The molecule has 2 fully saturated rings. The number of hydrogen-bond acceptors (Lipinski definition) is 8. The van der Waals surface area contributed by atoms with E-state index in [0.29, 0.717) is 42.5 Å². The van der Waals surface area contributed by atoms with Crippen molar-refractivity contribution in [3.63, 3.8) is 0 Å². The largest absolute Gasteiger partial charge is 0.453 e. The predicted octanol–water partition coefficient (Wildman–Crippen LogP) is 7.46. The van der Waals surface area contributed by atoms with Crippen LogP contribution in [0.4, 0.5) is 9.59 Å². The molecule has 1 aromatic heterocycles. The van der Waals surface area contributed by atoms with Gasteiger partial charge in [-0.05, 0) is 83.0 Å². The number of aromatic nitrogens is 1. The Morgan fingerprint density at radius 1 is 0.683 bits per heavy atom. The number of pyridine rings is 1. The summed E-state index contributed by atoms with van der Waals surface area (Å²) in [5, 5.41) is 5.96. The van der Waals surface area contributed by atoms with E-state index in [-0.39, 0.29) is 41.2 Å². The first-order valence-electron chi connectivity index (χ1n) is 20.8. The molecule has 4 atom stereocenters. The van der Waals surface area contributed by atoms with Crippen LogP contribution >= 0.6 is 0 Å². The third kappa shape index (κ3) is 8.71. The second-order valence-electron chi connectivity index (χ2n) is 16.6. The fourth-order valence-electron chi connectivity index (χ4n) is 8.68. The van der Waals surface area contributed by atoms with Gasteiger partial charge in [-0.1, -0.05) is 82.3 Å². The first-order chi connectivity index (χ1) is 28.9. The summed E-state index contributed by atoms with van der Waals surface area (Å²) in [6.07, 6.45) is 4.48. The molecule has 0 spiro atoms. The quantitative estimate of drug-likeness (QED) is 0.142. The first-order valence-corrected chi connectivity index (χ1v) is 20.8. The molecule has 4 aromatic rings. The van der Waals surface area contributed by atoms with Gasteiger partial charge in [0.05, 0.1) is 31.8 Å². The number of ether oxygens (including phenoxy) is 2. The highest BCUT2D eigenvalue weighted by Gasteiger charge is 2.39. The molecule has 4 amide bonds. The number of likely N-dealkylation sites (tertiary alicyclic amines) is 2. The normalized spacial score (nSPS) is 18.7. The number of allylic oxidation sites excluding steroid dienone is 1. The lowest BCUT2D eigenvalue weighted by Crippen LogP contribution is -2.53. The van der Waals surface area contributed by atoms with Gasteiger partial charge in [-0.15, -0.1) is 0 Å². The van der Waals surface area contributed by atoms with Gasteiger partial charge in [0.25, 0.3) is 0 Å². The van der Waals surface area contributed by atoms with Gasteiger partial charge in [-0.2, -0.15) is 0 Å². The first kappa shape index (κ1) is 41.9. The van der Waals surface area contributed by atoms with Crippen LogP contribution in [-0.4, -0.2) is 89.9 Å². The van der Waals surface area contributed by atoms with E-state index in [1.807, 2.05) is 57.0 Å². The zero-order valence-electron chi connectivity index (χ0n) is 35.1. The van der Waals surface area contributed by atoms with Gasteiger partial charge < -0.3 is 34.9 Å². The van der Waals surface area contributed by atoms with Crippen molar-refractivity contribution in [2.45, 2.75) is 84.0 Å². The molecule has 7 rings (SSSR count). The summed E-state index contributed by atoms with van der Waals surface area (Å²) in [6.45, 7) is 8.73. The van der Waals surface area contributed by atoms with Gasteiger partial charge in [-0.25, -0.2) is 9.59 Å². The summed E-state index contributed by atoms with van der Waals surface area (Å²) in [7, 11) is 2.57. The van der Waals surface area contributed by atoms with E-state index >= 15 is 0 Å². The average Bonchev–Trinajstić information content (AvgIpc) is 4.06. The number of rotatable bonds is 11. The van der Waals surface area contributed by atoms with Crippen LogP contribution < -0.4 is 16.1 Å². The number of nitrogens with zero attached hydrogens (tertiary/aromatic N) is 3. The summed E-state index contributed by atoms with van der Waals surface area (Å²) >= 11 is 0. The average molecular weight is 815 g/mol. The Labute approximate surface area is 350 Å². The van der Waals surface area contributed by atoms with Gasteiger partial charge in [0.15, 0.2) is 5.43 Å². The third-order valence-electron chi connectivity index (χ3n) is 12.0. The number of nitrogens with one attached hydrogen (secondary N) is 3. The highest BCUT2D eigenvalue weighted by Crippen LogP contribution is 2.35. The van der Waals surface area contributed by atoms with Gasteiger partial charge in [0, 0.05) is 48.6 Å². The molecule has 2 saturated heterocycles. The Kier molecular flexibility index (Phi) is 12.5. The van der Waals surface area contributed by atoms with Crippen molar-refractivity contribution in [2.75, 3.05) is 27.3 Å². The van der Waals surface area contributed by atoms with Crippen molar-refractivity contribution >= 4 is 46.2 Å². The standard InChI is InChI=1S/C47H54N6O7/c1-27(2)42(50-46(57)59-5)44(55)52-21-7-9-39(52)37-24-34(26-48-37)32-17-13-30(14-18-32)29-11-15-31(16-12-29)33-19-20-35-36(23-33)49-38(25-41(35)54)40-10-8-22-53(40)45(56)43(28(3)4)51-47(58)60-6/h11-20,23,25-28,39-40,42-43H,7-10,21-22,24H2,1-6H3,(H,49,54)(H,50,57)(H,51,58)/t39-,40?,42-,43-/m0/s1. The fourth-order valence-corrected chi connectivity index (χ4v) is 8.68. The Hall–Kier alpha value is -6.24. The molecule has 314 valence electrons. The van der Waals surface area contributed by atoms with Crippen LogP contribution in [-0.2, 0) is 19.1 Å². The molecule has 0 saturated carbocycles. The lowest BCUT2D eigenvalue weighted by atomic mass is 9.95. The molecule has 0 aliphatic carbocycles. The van der Waals surface area contributed by atoms with Gasteiger partial charge in [-0.3, -0.25) is 19.4 Å². The number of H-pyrrole nitrogens is 1. The van der Waals surface area contributed by atoms with E-state index in [1.54, 1.807) is 11.0 Å². The number of carbonyl (C=O) groups excluding carboxylic acids is 4. The molecule has 13 heteroatoms. The van der Waals surface area contributed by atoms with Crippen LogP contribution in [0.2, 0.25) is 0 Å².